The van der Waals surface area contributed by atoms with Crippen molar-refractivity contribution in [3.8, 4) is 0 Å². The van der Waals surface area contributed by atoms with Crippen molar-refractivity contribution in [1.29, 1.82) is 0 Å². The maximum atomic E-state index is 12.6. The van der Waals surface area contributed by atoms with E-state index >= 15 is 0 Å². The lowest BCUT2D eigenvalue weighted by atomic mass is 10.1. The molecule has 1 aromatic carbocycles. The Kier molecular flexibility index (Phi) is 6.82. The second-order valence-corrected chi connectivity index (χ2v) is 5.77. The zero-order chi connectivity index (χ0) is 15.2. The molecule has 0 atom stereocenters. The van der Waals surface area contributed by atoms with E-state index in [2.05, 4.69) is 35.1 Å². The molecule has 20 heavy (non-hydrogen) atoms. The van der Waals surface area contributed by atoms with Gasteiger partial charge in [0.25, 0.3) is 0 Å². The van der Waals surface area contributed by atoms with Gasteiger partial charge in [0.1, 0.15) is 0 Å². The van der Waals surface area contributed by atoms with Gasteiger partial charge in [-0.05, 0) is 46.5 Å². The van der Waals surface area contributed by atoms with Crippen molar-refractivity contribution in [3.63, 3.8) is 0 Å². The number of halogens is 4. The van der Waals surface area contributed by atoms with Gasteiger partial charge in [-0.15, -0.1) is 0 Å². The van der Waals surface area contributed by atoms with Gasteiger partial charge >= 0.3 is 6.18 Å². The molecule has 1 rings (SSSR count). The van der Waals surface area contributed by atoms with Crippen LogP contribution in [0.25, 0.3) is 0 Å². The van der Waals surface area contributed by atoms with Crippen LogP contribution in [-0.2, 0) is 10.9 Å². The summed E-state index contributed by atoms with van der Waals surface area (Å²) in [5.41, 5.74) is -0.240. The molecular formula is C14H19BrF3NO. The number of nitrogens with one attached hydrogen (secondary N) is 1. The van der Waals surface area contributed by atoms with Gasteiger partial charge in [-0.1, -0.05) is 13.8 Å². The Morgan fingerprint density at radius 1 is 1.25 bits per heavy atom. The van der Waals surface area contributed by atoms with Gasteiger partial charge in [0, 0.05) is 23.3 Å². The first-order chi connectivity index (χ1) is 9.30. The average molecular weight is 354 g/mol. The van der Waals surface area contributed by atoms with E-state index in [0.29, 0.717) is 35.8 Å². The summed E-state index contributed by atoms with van der Waals surface area (Å²) in [7, 11) is 0. The minimum Gasteiger partial charge on any atom is -0.382 e. The number of benzene rings is 1. The summed E-state index contributed by atoms with van der Waals surface area (Å²) in [6.07, 6.45) is -3.35. The van der Waals surface area contributed by atoms with Gasteiger partial charge in [-0.2, -0.15) is 13.2 Å². The van der Waals surface area contributed by atoms with Crippen LogP contribution in [0.2, 0.25) is 0 Å². The number of ether oxygens (including phenoxy) is 1. The van der Waals surface area contributed by atoms with E-state index in [4.69, 9.17) is 4.74 Å². The van der Waals surface area contributed by atoms with E-state index < -0.39 is 11.7 Å². The minimum absolute atomic E-state index is 0.423. The Morgan fingerprint density at radius 3 is 2.55 bits per heavy atom. The smallest absolute Gasteiger partial charge is 0.382 e. The number of hydrogen-bond donors (Lipinski definition) is 1. The number of alkyl halides is 3. The average Bonchev–Trinajstić information content (AvgIpc) is 2.33. The molecule has 0 heterocycles. The molecule has 0 saturated carbocycles. The van der Waals surface area contributed by atoms with Crippen LogP contribution in [0.3, 0.4) is 0 Å². The van der Waals surface area contributed by atoms with Gasteiger partial charge in [0.05, 0.1) is 12.2 Å². The molecule has 1 aromatic rings. The van der Waals surface area contributed by atoms with E-state index in [1.807, 2.05) is 0 Å². The molecule has 0 saturated heterocycles. The fourth-order valence-corrected chi connectivity index (χ4v) is 1.90. The zero-order valence-electron chi connectivity index (χ0n) is 11.6. The summed E-state index contributed by atoms with van der Waals surface area (Å²) in [6.45, 7) is 5.83. The highest BCUT2D eigenvalue weighted by Crippen LogP contribution is 2.33. The Labute approximate surface area is 125 Å². The van der Waals surface area contributed by atoms with Crippen molar-refractivity contribution in [2.24, 2.45) is 5.92 Å². The van der Waals surface area contributed by atoms with Crippen LogP contribution < -0.4 is 5.32 Å². The van der Waals surface area contributed by atoms with Gasteiger partial charge in [-0.25, -0.2) is 0 Å². The monoisotopic (exact) mass is 353 g/mol. The molecule has 0 aliphatic heterocycles. The SMILES string of the molecule is CC(C)CCOCCNc1cc(C(F)(F)F)ccc1Br. The van der Waals surface area contributed by atoms with Crippen molar-refractivity contribution < 1.29 is 17.9 Å². The Morgan fingerprint density at radius 2 is 1.95 bits per heavy atom. The molecule has 0 amide bonds. The molecule has 0 unspecified atom stereocenters. The molecule has 0 radical (unpaired) electrons. The van der Waals surface area contributed by atoms with Crippen LogP contribution in [0.5, 0.6) is 0 Å². The van der Waals surface area contributed by atoms with Crippen LogP contribution in [0.15, 0.2) is 22.7 Å². The van der Waals surface area contributed by atoms with Gasteiger partial charge in [0.15, 0.2) is 0 Å². The maximum absolute atomic E-state index is 12.6. The first-order valence-corrected chi connectivity index (χ1v) is 7.28. The van der Waals surface area contributed by atoms with E-state index in [1.165, 1.54) is 6.07 Å². The second kappa shape index (κ2) is 7.88. The highest BCUT2D eigenvalue weighted by atomic mass is 79.9. The van der Waals surface area contributed by atoms with Crippen molar-refractivity contribution in [1.82, 2.24) is 0 Å². The molecule has 0 fully saturated rings. The summed E-state index contributed by atoms with van der Waals surface area (Å²) in [5.74, 6) is 0.584. The van der Waals surface area contributed by atoms with Crippen molar-refractivity contribution in [3.05, 3.63) is 28.2 Å². The highest BCUT2D eigenvalue weighted by molar-refractivity contribution is 9.10. The molecule has 0 aliphatic rings. The molecule has 1 N–H and O–H groups in total. The van der Waals surface area contributed by atoms with Crippen molar-refractivity contribution in [2.75, 3.05) is 25.1 Å². The molecule has 6 heteroatoms. The fourth-order valence-electron chi connectivity index (χ4n) is 1.52. The summed E-state index contributed by atoms with van der Waals surface area (Å²) in [4.78, 5) is 0. The van der Waals surface area contributed by atoms with Crippen LogP contribution in [-0.4, -0.2) is 19.8 Å². The number of anilines is 1. The topological polar surface area (TPSA) is 21.3 Å². The molecular weight excluding hydrogens is 335 g/mol. The summed E-state index contributed by atoms with van der Waals surface area (Å²) in [5, 5.41) is 2.94. The third kappa shape index (κ3) is 6.13. The Hall–Kier alpha value is -0.750. The normalized spacial score (nSPS) is 11.9. The zero-order valence-corrected chi connectivity index (χ0v) is 13.1. The van der Waals surface area contributed by atoms with Crippen molar-refractivity contribution >= 4 is 21.6 Å². The lowest BCUT2D eigenvalue weighted by molar-refractivity contribution is -0.137. The summed E-state index contributed by atoms with van der Waals surface area (Å²) in [6, 6.07) is 3.54. The predicted octanol–water partition coefficient (Wildman–Crippen LogP) is 4.94. The largest absolute Gasteiger partial charge is 0.416 e. The van der Waals surface area contributed by atoms with Crippen molar-refractivity contribution in [2.45, 2.75) is 26.4 Å². The van der Waals surface area contributed by atoms with E-state index in [9.17, 15) is 13.2 Å². The highest BCUT2D eigenvalue weighted by Gasteiger charge is 2.30. The van der Waals surface area contributed by atoms with Crippen LogP contribution >= 0.6 is 15.9 Å². The molecule has 0 bridgehead atoms. The third-order valence-corrected chi connectivity index (χ3v) is 3.39. The maximum Gasteiger partial charge on any atom is 0.416 e. The lowest BCUT2D eigenvalue weighted by Gasteiger charge is -2.13. The standard InChI is InChI=1S/C14H19BrF3NO/c1-10(2)5-7-20-8-6-19-13-9-11(14(16,17)18)3-4-12(13)15/h3-4,9-10,19H,5-8H2,1-2H3. The quantitative estimate of drug-likeness (QED) is 0.700. The summed E-state index contributed by atoms with van der Waals surface area (Å²) < 4.78 is 43.8. The molecule has 0 aromatic heterocycles. The minimum atomic E-state index is -4.33. The van der Waals surface area contributed by atoms with Gasteiger partial charge in [-0.3, -0.25) is 0 Å². The lowest BCUT2D eigenvalue weighted by Crippen LogP contribution is -2.12. The number of rotatable bonds is 7. The van der Waals surface area contributed by atoms with Crippen LogP contribution in [0.4, 0.5) is 18.9 Å². The molecule has 0 aliphatic carbocycles. The predicted molar refractivity (Wildman–Crippen MR) is 77.9 cm³/mol. The summed E-state index contributed by atoms with van der Waals surface area (Å²) >= 11 is 3.23. The first-order valence-electron chi connectivity index (χ1n) is 6.49. The van der Waals surface area contributed by atoms with Crippen LogP contribution in [0.1, 0.15) is 25.8 Å². The van der Waals surface area contributed by atoms with Crippen LogP contribution in [0, 0.1) is 5.92 Å². The third-order valence-electron chi connectivity index (χ3n) is 2.70. The molecule has 2 nitrogen and oxygen atoms in total. The van der Waals surface area contributed by atoms with E-state index in [0.717, 1.165) is 18.6 Å². The first kappa shape index (κ1) is 17.3. The number of hydrogen-bond acceptors (Lipinski definition) is 2. The Bertz CT molecular complexity index is 421. The van der Waals surface area contributed by atoms with E-state index in [-0.39, 0.29) is 0 Å². The second-order valence-electron chi connectivity index (χ2n) is 4.91. The molecule has 0 spiro atoms. The van der Waals surface area contributed by atoms with Gasteiger partial charge < -0.3 is 10.1 Å². The Balaban J connectivity index is 2.43. The van der Waals surface area contributed by atoms with E-state index in [1.54, 1.807) is 0 Å². The fraction of sp³-hybridized carbons (Fsp3) is 0.571. The molecule has 114 valence electrons. The van der Waals surface area contributed by atoms with Gasteiger partial charge in [0.2, 0.25) is 0 Å².